The summed E-state index contributed by atoms with van der Waals surface area (Å²) in [6.07, 6.45) is 1.18. The second-order valence-electron chi connectivity index (χ2n) is 4.32. The van der Waals surface area contributed by atoms with Gasteiger partial charge in [0.05, 0.1) is 16.5 Å². The van der Waals surface area contributed by atoms with E-state index < -0.39 is 0 Å². The van der Waals surface area contributed by atoms with Crippen molar-refractivity contribution in [1.82, 2.24) is 4.90 Å². The number of ether oxygens (including phenoxy) is 1. The summed E-state index contributed by atoms with van der Waals surface area (Å²) in [6, 6.07) is 4.19. The Hall–Kier alpha value is 0.140. The zero-order valence-electron chi connectivity index (χ0n) is 10.8. The average Bonchev–Trinajstić information content (AvgIpc) is 2.75. The molecule has 0 amide bonds. The largest absolute Gasteiger partial charge is 0.375 e. The van der Waals surface area contributed by atoms with Crippen LogP contribution in [0.1, 0.15) is 11.8 Å². The number of hydrogen-bond donors (Lipinski definition) is 1. The molecule has 4 nitrogen and oxygen atoms in total. The topological polar surface area (TPSA) is 50.8 Å². The molecule has 1 unspecified atom stereocenters. The van der Waals surface area contributed by atoms with Crippen LogP contribution in [0.15, 0.2) is 20.9 Å². The van der Waals surface area contributed by atoms with Gasteiger partial charge < -0.3 is 15.4 Å². The Bertz CT molecular complexity index is 427. The van der Waals surface area contributed by atoms with Crippen LogP contribution in [0.3, 0.4) is 0 Å². The Balaban J connectivity index is 0.00000180. The molecule has 1 fully saturated rings. The first-order chi connectivity index (χ1) is 8.65. The quantitative estimate of drug-likeness (QED) is 0.429. The number of thiophene rings is 1. The minimum atomic E-state index is 0. The van der Waals surface area contributed by atoms with Gasteiger partial charge in [0.25, 0.3) is 0 Å². The molecule has 0 spiro atoms. The SMILES string of the molecule is CC1CN(C(N)=NCCc2ccc(Br)s2)CCO1.I. The van der Waals surface area contributed by atoms with E-state index in [2.05, 4.69) is 44.9 Å². The van der Waals surface area contributed by atoms with Gasteiger partial charge in [0, 0.05) is 30.9 Å². The van der Waals surface area contributed by atoms with Crippen LogP contribution in [-0.2, 0) is 11.2 Å². The molecule has 1 saturated heterocycles. The fraction of sp³-hybridized carbons (Fsp3) is 0.583. The van der Waals surface area contributed by atoms with Crippen molar-refractivity contribution >= 4 is 57.2 Å². The van der Waals surface area contributed by atoms with Crippen LogP contribution in [-0.4, -0.2) is 43.2 Å². The molecule has 108 valence electrons. The lowest BCUT2D eigenvalue weighted by molar-refractivity contribution is 0.00530. The first kappa shape index (κ1) is 17.2. The van der Waals surface area contributed by atoms with Gasteiger partial charge >= 0.3 is 0 Å². The van der Waals surface area contributed by atoms with Crippen molar-refractivity contribution in [3.05, 3.63) is 20.8 Å². The summed E-state index contributed by atoms with van der Waals surface area (Å²) in [6.45, 7) is 5.20. The molecular weight excluding hydrogens is 441 g/mol. The van der Waals surface area contributed by atoms with Gasteiger partial charge in [0.15, 0.2) is 5.96 Å². The predicted octanol–water partition coefficient (Wildman–Crippen LogP) is 2.71. The molecular formula is C12H19BrIN3OS. The number of nitrogens with two attached hydrogens (primary N) is 1. The van der Waals surface area contributed by atoms with Gasteiger partial charge in [-0.15, -0.1) is 35.3 Å². The first-order valence-corrected chi connectivity index (χ1v) is 7.67. The zero-order valence-corrected chi connectivity index (χ0v) is 15.6. The fourth-order valence-electron chi connectivity index (χ4n) is 1.89. The monoisotopic (exact) mass is 459 g/mol. The van der Waals surface area contributed by atoms with Gasteiger partial charge in [0.2, 0.25) is 0 Å². The van der Waals surface area contributed by atoms with Crippen molar-refractivity contribution in [3.63, 3.8) is 0 Å². The molecule has 1 aliphatic rings. The summed E-state index contributed by atoms with van der Waals surface area (Å²) in [5, 5.41) is 0. The third-order valence-electron chi connectivity index (χ3n) is 2.83. The molecule has 19 heavy (non-hydrogen) atoms. The number of aliphatic imine (C=N–C) groups is 1. The number of halogens is 2. The van der Waals surface area contributed by atoms with Crippen LogP contribution < -0.4 is 5.73 Å². The molecule has 0 aliphatic carbocycles. The summed E-state index contributed by atoms with van der Waals surface area (Å²) < 4.78 is 6.64. The fourth-order valence-corrected chi connectivity index (χ4v) is 3.37. The van der Waals surface area contributed by atoms with Gasteiger partial charge in [-0.05, 0) is 35.0 Å². The summed E-state index contributed by atoms with van der Waals surface area (Å²) in [7, 11) is 0. The van der Waals surface area contributed by atoms with E-state index in [4.69, 9.17) is 10.5 Å². The lowest BCUT2D eigenvalue weighted by Gasteiger charge is -2.31. The van der Waals surface area contributed by atoms with Crippen LogP contribution in [0.4, 0.5) is 0 Å². The molecule has 2 rings (SSSR count). The Morgan fingerprint density at radius 3 is 3.05 bits per heavy atom. The number of hydrogen-bond acceptors (Lipinski definition) is 3. The Morgan fingerprint density at radius 1 is 1.63 bits per heavy atom. The molecule has 0 radical (unpaired) electrons. The Morgan fingerprint density at radius 2 is 2.42 bits per heavy atom. The highest BCUT2D eigenvalue weighted by Crippen LogP contribution is 2.22. The Labute approximate surface area is 143 Å². The molecule has 0 saturated carbocycles. The molecule has 7 heteroatoms. The van der Waals surface area contributed by atoms with Crippen molar-refractivity contribution in [2.24, 2.45) is 10.7 Å². The van der Waals surface area contributed by atoms with Crippen LogP contribution in [0.5, 0.6) is 0 Å². The van der Waals surface area contributed by atoms with Gasteiger partial charge in [-0.2, -0.15) is 0 Å². The molecule has 1 atom stereocenters. The number of nitrogens with zero attached hydrogens (tertiary/aromatic N) is 2. The average molecular weight is 460 g/mol. The van der Waals surface area contributed by atoms with Crippen molar-refractivity contribution in [1.29, 1.82) is 0 Å². The second kappa shape index (κ2) is 8.43. The summed E-state index contributed by atoms with van der Waals surface area (Å²) in [5.74, 6) is 0.640. The molecule has 2 heterocycles. The first-order valence-electron chi connectivity index (χ1n) is 6.06. The molecule has 0 aromatic carbocycles. The van der Waals surface area contributed by atoms with E-state index in [1.807, 2.05) is 0 Å². The van der Waals surface area contributed by atoms with E-state index in [-0.39, 0.29) is 30.1 Å². The Kier molecular flexibility index (Phi) is 7.63. The third-order valence-corrected chi connectivity index (χ3v) is 4.51. The van der Waals surface area contributed by atoms with Crippen molar-refractivity contribution < 1.29 is 4.74 Å². The highest BCUT2D eigenvalue weighted by Gasteiger charge is 2.17. The van der Waals surface area contributed by atoms with E-state index in [0.717, 1.165) is 36.4 Å². The third kappa shape index (κ3) is 5.57. The zero-order chi connectivity index (χ0) is 13.0. The normalized spacial score (nSPS) is 20.2. The minimum Gasteiger partial charge on any atom is -0.375 e. The maximum absolute atomic E-state index is 5.99. The van der Waals surface area contributed by atoms with E-state index in [1.165, 1.54) is 4.88 Å². The molecule has 1 aromatic rings. The minimum absolute atomic E-state index is 0. The van der Waals surface area contributed by atoms with E-state index in [9.17, 15) is 0 Å². The van der Waals surface area contributed by atoms with Crippen LogP contribution in [0, 0.1) is 0 Å². The van der Waals surface area contributed by atoms with E-state index in [0.29, 0.717) is 5.96 Å². The van der Waals surface area contributed by atoms with Crippen molar-refractivity contribution in [2.75, 3.05) is 26.2 Å². The maximum Gasteiger partial charge on any atom is 0.191 e. The standard InChI is InChI=1S/C12H18BrN3OS.HI/c1-9-8-16(6-7-17-9)12(14)15-5-4-10-2-3-11(13)18-10;/h2-3,9H,4-8H2,1H3,(H2,14,15);1H. The summed E-state index contributed by atoms with van der Waals surface area (Å²) in [5.41, 5.74) is 5.99. The summed E-state index contributed by atoms with van der Waals surface area (Å²) in [4.78, 5) is 7.87. The number of guanidine groups is 1. The molecule has 1 aliphatic heterocycles. The summed E-state index contributed by atoms with van der Waals surface area (Å²) >= 11 is 5.21. The highest BCUT2D eigenvalue weighted by atomic mass is 127. The highest BCUT2D eigenvalue weighted by molar-refractivity contribution is 14.0. The van der Waals surface area contributed by atoms with E-state index >= 15 is 0 Å². The van der Waals surface area contributed by atoms with E-state index in [1.54, 1.807) is 11.3 Å². The lowest BCUT2D eigenvalue weighted by atomic mass is 10.3. The smallest absolute Gasteiger partial charge is 0.191 e. The van der Waals surface area contributed by atoms with Gasteiger partial charge in [-0.25, -0.2) is 0 Å². The number of morpholine rings is 1. The molecule has 1 aromatic heterocycles. The van der Waals surface area contributed by atoms with Gasteiger partial charge in [0.1, 0.15) is 0 Å². The van der Waals surface area contributed by atoms with Gasteiger partial charge in [-0.1, -0.05) is 0 Å². The number of rotatable bonds is 3. The molecule has 2 N–H and O–H groups in total. The van der Waals surface area contributed by atoms with Crippen LogP contribution in [0.2, 0.25) is 0 Å². The predicted molar refractivity (Wildman–Crippen MR) is 94.6 cm³/mol. The second-order valence-corrected chi connectivity index (χ2v) is 6.87. The van der Waals surface area contributed by atoms with Crippen LogP contribution >= 0.6 is 51.2 Å². The maximum atomic E-state index is 5.99. The van der Waals surface area contributed by atoms with Crippen LogP contribution in [0.25, 0.3) is 0 Å². The lowest BCUT2D eigenvalue weighted by Crippen LogP contribution is -2.47. The molecule has 0 bridgehead atoms. The van der Waals surface area contributed by atoms with Crippen molar-refractivity contribution in [2.45, 2.75) is 19.4 Å². The van der Waals surface area contributed by atoms with Crippen molar-refractivity contribution in [3.8, 4) is 0 Å². The van der Waals surface area contributed by atoms with Gasteiger partial charge in [-0.3, -0.25) is 4.99 Å².